The summed E-state index contributed by atoms with van der Waals surface area (Å²) in [6.07, 6.45) is 2.91. The number of methoxy groups -OCH3 is 1. The Morgan fingerprint density at radius 3 is 2.75 bits per heavy atom. The third-order valence-corrected chi connectivity index (χ3v) is 4.13. The van der Waals surface area contributed by atoms with Crippen molar-refractivity contribution in [3.8, 4) is 11.5 Å². The lowest BCUT2D eigenvalue weighted by Gasteiger charge is -2.10. The molecule has 8 heteroatoms. The number of para-hydroxylation sites is 2. The summed E-state index contributed by atoms with van der Waals surface area (Å²) >= 11 is 0. The van der Waals surface area contributed by atoms with Crippen LogP contribution in [0.5, 0.6) is 11.5 Å². The van der Waals surface area contributed by atoms with Crippen molar-refractivity contribution >= 4 is 23.0 Å². The molecular weight excluding hydrogens is 368 g/mol. The first-order valence-electron chi connectivity index (χ1n) is 8.47. The molecule has 28 heavy (non-hydrogen) atoms. The number of carbonyl (C=O) groups excluding carboxylic acids is 1. The number of hydrogen-bond donors (Lipinski definition) is 1. The Labute approximate surface area is 160 Å². The first-order chi connectivity index (χ1) is 13.5. The molecule has 1 heterocycles. The van der Waals surface area contributed by atoms with Gasteiger partial charge in [0.25, 0.3) is 0 Å². The molecule has 0 aliphatic heterocycles. The number of aryl methyl sites for hydroxylation is 1. The van der Waals surface area contributed by atoms with Crippen molar-refractivity contribution in [2.45, 2.75) is 13.2 Å². The van der Waals surface area contributed by atoms with Gasteiger partial charge in [-0.25, -0.2) is 4.98 Å². The van der Waals surface area contributed by atoms with E-state index in [9.17, 15) is 13.6 Å². The minimum absolute atomic E-state index is 0.0686. The van der Waals surface area contributed by atoms with E-state index in [1.807, 2.05) is 35.9 Å². The van der Waals surface area contributed by atoms with Crippen LogP contribution < -0.4 is 14.8 Å². The van der Waals surface area contributed by atoms with Gasteiger partial charge in [0.15, 0.2) is 11.5 Å². The van der Waals surface area contributed by atoms with Crippen LogP contribution in [0.15, 0.2) is 48.5 Å². The van der Waals surface area contributed by atoms with Gasteiger partial charge in [-0.3, -0.25) is 4.79 Å². The van der Waals surface area contributed by atoms with Gasteiger partial charge in [-0.05, 0) is 35.9 Å². The van der Waals surface area contributed by atoms with E-state index in [1.54, 1.807) is 12.1 Å². The Bertz CT molecular complexity index is 1020. The van der Waals surface area contributed by atoms with Gasteiger partial charge >= 0.3 is 6.61 Å². The van der Waals surface area contributed by atoms with Gasteiger partial charge in [0.05, 0.1) is 24.7 Å². The van der Waals surface area contributed by atoms with E-state index in [0.717, 1.165) is 16.9 Å². The Morgan fingerprint density at radius 2 is 2.04 bits per heavy atom. The number of carbonyl (C=O) groups is 1. The van der Waals surface area contributed by atoms with Gasteiger partial charge in [0.2, 0.25) is 5.91 Å². The smallest absolute Gasteiger partial charge is 0.387 e. The molecule has 0 aliphatic carbocycles. The summed E-state index contributed by atoms with van der Waals surface area (Å²) in [5, 5.41) is 2.77. The number of alkyl halides is 2. The van der Waals surface area contributed by atoms with Crippen LogP contribution >= 0.6 is 0 Å². The van der Waals surface area contributed by atoms with Crippen molar-refractivity contribution in [2.75, 3.05) is 7.11 Å². The number of ether oxygens (including phenoxy) is 2. The molecule has 0 unspecified atom stereocenters. The van der Waals surface area contributed by atoms with Crippen molar-refractivity contribution in [2.24, 2.45) is 7.05 Å². The highest BCUT2D eigenvalue weighted by atomic mass is 19.3. The Morgan fingerprint density at radius 1 is 1.25 bits per heavy atom. The minimum Gasteiger partial charge on any atom is -0.493 e. The van der Waals surface area contributed by atoms with Gasteiger partial charge in [-0.1, -0.05) is 18.2 Å². The Hall–Kier alpha value is -3.42. The van der Waals surface area contributed by atoms with Crippen molar-refractivity contribution in [1.29, 1.82) is 0 Å². The number of halogens is 2. The van der Waals surface area contributed by atoms with Gasteiger partial charge in [0, 0.05) is 13.1 Å². The molecule has 0 bridgehead atoms. The standard InChI is InChI=1S/C20H19F2N3O3/c1-25-15-6-4-3-5-14(15)24-18(25)12-23-19(26)10-8-13-7-9-16(28-20(21)22)17(11-13)27-2/h3-11,20H,12H2,1-2H3,(H,23,26)/b10-8+. The number of imidazole rings is 1. The maximum absolute atomic E-state index is 12.4. The number of rotatable bonds is 7. The number of benzene rings is 2. The van der Waals surface area contributed by atoms with Crippen LogP contribution in [-0.4, -0.2) is 29.2 Å². The van der Waals surface area contributed by atoms with E-state index < -0.39 is 6.61 Å². The zero-order valence-electron chi connectivity index (χ0n) is 15.4. The van der Waals surface area contributed by atoms with Crippen LogP contribution in [0.2, 0.25) is 0 Å². The zero-order chi connectivity index (χ0) is 20.1. The highest BCUT2D eigenvalue weighted by Gasteiger charge is 2.11. The minimum atomic E-state index is -2.94. The first kappa shape index (κ1) is 19.3. The Balaban J connectivity index is 1.64. The molecule has 2 aromatic carbocycles. The molecule has 0 radical (unpaired) electrons. The van der Waals surface area contributed by atoms with Crippen LogP contribution in [0.1, 0.15) is 11.4 Å². The first-order valence-corrected chi connectivity index (χ1v) is 8.47. The summed E-state index contributed by atoms with van der Waals surface area (Å²) in [6, 6.07) is 12.1. The van der Waals surface area contributed by atoms with Gasteiger partial charge in [-0.2, -0.15) is 8.78 Å². The number of nitrogens with one attached hydrogen (secondary N) is 1. The van der Waals surface area contributed by atoms with E-state index in [0.29, 0.717) is 5.56 Å². The number of hydrogen-bond acceptors (Lipinski definition) is 4. The number of fused-ring (bicyclic) bond motifs is 1. The van der Waals surface area contributed by atoms with Crippen LogP contribution in [-0.2, 0) is 18.4 Å². The second-order valence-corrected chi connectivity index (χ2v) is 5.92. The summed E-state index contributed by atoms with van der Waals surface area (Å²) in [7, 11) is 3.24. The van der Waals surface area contributed by atoms with Crippen molar-refractivity contribution in [3.63, 3.8) is 0 Å². The molecule has 1 N–H and O–H groups in total. The third kappa shape index (κ3) is 4.46. The SMILES string of the molecule is COc1cc(/C=C/C(=O)NCc2nc3ccccc3n2C)ccc1OC(F)F. The summed E-state index contributed by atoms with van der Waals surface area (Å²) in [6.45, 7) is -2.66. The largest absolute Gasteiger partial charge is 0.493 e. The fourth-order valence-electron chi connectivity index (χ4n) is 2.73. The summed E-state index contributed by atoms with van der Waals surface area (Å²) in [4.78, 5) is 16.6. The average Bonchev–Trinajstić information content (AvgIpc) is 3.01. The summed E-state index contributed by atoms with van der Waals surface area (Å²) < 4.78 is 36.1. The lowest BCUT2D eigenvalue weighted by atomic mass is 10.2. The molecule has 3 rings (SSSR count). The monoisotopic (exact) mass is 387 g/mol. The maximum Gasteiger partial charge on any atom is 0.387 e. The normalized spacial score (nSPS) is 11.3. The molecular formula is C20H19F2N3O3. The predicted octanol–water partition coefficient (Wildman–Crippen LogP) is 3.51. The summed E-state index contributed by atoms with van der Waals surface area (Å²) in [5.41, 5.74) is 2.46. The summed E-state index contributed by atoms with van der Waals surface area (Å²) in [5.74, 6) is 0.514. The van der Waals surface area contributed by atoms with E-state index >= 15 is 0 Å². The van der Waals surface area contributed by atoms with Gasteiger partial charge in [-0.15, -0.1) is 0 Å². The van der Waals surface area contributed by atoms with Gasteiger partial charge < -0.3 is 19.4 Å². The second kappa shape index (κ2) is 8.51. The molecule has 0 fully saturated rings. The van der Waals surface area contributed by atoms with Crippen LogP contribution in [0.25, 0.3) is 17.1 Å². The van der Waals surface area contributed by atoms with Crippen LogP contribution in [0.3, 0.4) is 0 Å². The van der Waals surface area contributed by atoms with E-state index in [-0.39, 0.29) is 24.0 Å². The molecule has 0 saturated heterocycles. The predicted molar refractivity (Wildman–Crippen MR) is 101 cm³/mol. The van der Waals surface area contributed by atoms with Crippen LogP contribution in [0.4, 0.5) is 8.78 Å². The highest BCUT2D eigenvalue weighted by Crippen LogP contribution is 2.29. The molecule has 0 atom stereocenters. The maximum atomic E-state index is 12.4. The van der Waals surface area contributed by atoms with Gasteiger partial charge in [0.1, 0.15) is 5.82 Å². The lowest BCUT2D eigenvalue weighted by molar-refractivity contribution is -0.116. The molecule has 6 nitrogen and oxygen atoms in total. The lowest BCUT2D eigenvalue weighted by Crippen LogP contribution is -2.22. The Kier molecular flexibility index (Phi) is 5.88. The molecule has 1 aromatic heterocycles. The molecule has 1 amide bonds. The topological polar surface area (TPSA) is 65.4 Å². The fourth-order valence-corrected chi connectivity index (χ4v) is 2.73. The molecule has 0 saturated carbocycles. The number of nitrogens with zero attached hydrogens (tertiary/aromatic N) is 2. The molecule has 3 aromatic rings. The highest BCUT2D eigenvalue weighted by molar-refractivity contribution is 5.91. The van der Waals surface area contributed by atoms with Crippen molar-refractivity contribution in [1.82, 2.24) is 14.9 Å². The van der Waals surface area contributed by atoms with Crippen molar-refractivity contribution in [3.05, 3.63) is 59.9 Å². The third-order valence-electron chi connectivity index (χ3n) is 4.13. The second-order valence-electron chi connectivity index (χ2n) is 5.92. The molecule has 146 valence electrons. The fraction of sp³-hybridized carbons (Fsp3) is 0.200. The number of amides is 1. The molecule has 0 spiro atoms. The van der Waals surface area contributed by atoms with E-state index in [4.69, 9.17) is 4.74 Å². The van der Waals surface area contributed by atoms with E-state index in [2.05, 4.69) is 15.0 Å². The quantitative estimate of drug-likeness (QED) is 0.630. The number of aromatic nitrogens is 2. The van der Waals surface area contributed by atoms with Crippen LogP contribution in [0, 0.1) is 0 Å². The zero-order valence-corrected chi connectivity index (χ0v) is 15.4. The van der Waals surface area contributed by atoms with Crippen molar-refractivity contribution < 1.29 is 23.0 Å². The van der Waals surface area contributed by atoms with E-state index in [1.165, 1.54) is 25.3 Å². The molecule has 0 aliphatic rings. The average molecular weight is 387 g/mol.